The van der Waals surface area contributed by atoms with Gasteiger partial charge in [-0.05, 0) is 59.7 Å². The predicted octanol–water partition coefficient (Wildman–Crippen LogP) is 4.78. The molecular formula is C23H24FNO6S. The van der Waals surface area contributed by atoms with Gasteiger partial charge in [0.15, 0.2) is 0 Å². The van der Waals surface area contributed by atoms with Crippen LogP contribution in [0, 0.1) is 5.82 Å². The summed E-state index contributed by atoms with van der Waals surface area (Å²) in [6.07, 6.45) is 3.05. The number of ether oxygens (including phenoxy) is 3. The first-order valence-corrected chi connectivity index (χ1v) is 10.7. The van der Waals surface area contributed by atoms with Crippen LogP contribution in [-0.4, -0.2) is 44.6 Å². The minimum atomic E-state index is -0.745. The molecule has 9 heteroatoms. The fourth-order valence-electron chi connectivity index (χ4n) is 3.37. The second-order valence-corrected chi connectivity index (χ2v) is 8.02. The van der Waals surface area contributed by atoms with Gasteiger partial charge in [-0.3, -0.25) is 0 Å². The van der Waals surface area contributed by atoms with E-state index >= 15 is 0 Å². The van der Waals surface area contributed by atoms with Gasteiger partial charge in [-0.15, -0.1) is 0 Å². The number of hydrogen-bond acceptors (Lipinski definition) is 7. The van der Waals surface area contributed by atoms with Crippen molar-refractivity contribution in [1.82, 2.24) is 0 Å². The zero-order chi connectivity index (χ0) is 23.3. The minimum absolute atomic E-state index is 0.115. The van der Waals surface area contributed by atoms with Crippen molar-refractivity contribution in [3.63, 3.8) is 0 Å². The third-order valence-corrected chi connectivity index (χ3v) is 6.10. The maximum Gasteiger partial charge on any atom is 0.424 e. The van der Waals surface area contributed by atoms with Gasteiger partial charge in [0.2, 0.25) is 0 Å². The summed E-state index contributed by atoms with van der Waals surface area (Å²) in [4.78, 5) is 26.0. The normalized spacial score (nSPS) is 15.1. The van der Waals surface area contributed by atoms with Gasteiger partial charge in [-0.25, -0.2) is 18.3 Å². The Morgan fingerprint density at radius 1 is 1.28 bits per heavy atom. The molecule has 0 bridgehead atoms. The summed E-state index contributed by atoms with van der Waals surface area (Å²) in [5.41, 5.74) is 1.64. The van der Waals surface area contributed by atoms with Gasteiger partial charge < -0.3 is 19.3 Å². The second kappa shape index (κ2) is 10.5. The molecule has 1 N–H and O–H groups in total. The lowest BCUT2D eigenvalue weighted by atomic mass is 9.92. The highest BCUT2D eigenvalue weighted by molar-refractivity contribution is 8.01. The topological polar surface area (TPSA) is 85.3 Å². The highest BCUT2D eigenvalue weighted by atomic mass is 32.2. The number of nitrogens with zero attached hydrogens (tertiary/aromatic N) is 1. The van der Waals surface area contributed by atoms with E-state index in [1.807, 2.05) is 13.0 Å². The van der Waals surface area contributed by atoms with E-state index in [2.05, 4.69) is 0 Å². The van der Waals surface area contributed by atoms with Gasteiger partial charge in [0.25, 0.3) is 0 Å². The van der Waals surface area contributed by atoms with E-state index in [9.17, 15) is 14.0 Å². The Hall–Kier alpha value is -3.04. The predicted molar refractivity (Wildman–Crippen MR) is 120 cm³/mol. The van der Waals surface area contributed by atoms with Crippen LogP contribution in [0.5, 0.6) is 5.75 Å². The SMILES string of the molecule is COC(=O)c1c(N(Sc2ccc(F)cc2/C=C\CO)C(=O)OC)ccc2c1OCCC2C. The molecule has 7 nitrogen and oxygen atoms in total. The number of hydrogen-bond donors (Lipinski definition) is 1. The molecule has 0 saturated heterocycles. The van der Waals surface area contributed by atoms with E-state index in [1.54, 1.807) is 12.1 Å². The Balaban J connectivity index is 2.15. The summed E-state index contributed by atoms with van der Waals surface area (Å²) >= 11 is 0.950. The molecule has 1 aliphatic heterocycles. The first kappa shape index (κ1) is 23.6. The number of aliphatic hydroxyl groups excluding tert-OH is 1. The number of fused-ring (bicyclic) bond motifs is 1. The Bertz CT molecular complexity index is 1040. The maximum atomic E-state index is 13.8. The average Bonchev–Trinajstić information content (AvgIpc) is 2.80. The number of halogens is 1. The number of amides is 1. The molecule has 1 heterocycles. The van der Waals surface area contributed by atoms with Crippen LogP contribution in [0.2, 0.25) is 0 Å². The van der Waals surface area contributed by atoms with Crippen molar-refractivity contribution in [3.05, 3.63) is 58.9 Å². The summed E-state index contributed by atoms with van der Waals surface area (Å²) < 4.78 is 30.8. The zero-order valence-electron chi connectivity index (χ0n) is 18.0. The van der Waals surface area contributed by atoms with Crippen molar-refractivity contribution < 1.29 is 33.3 Å². The molecule has 3 rings (SSSR count). The molecule has 0 saturated carbocycles. The number of methoxy groups -OCH3 is 2. The number of aliphatic hydroxyl groups is 1. The van der Waals surface area contributed by atoms with E-state index in [0.29, 0.717) is 22.8 Å². The van der Waals surface area contributed by atoms with Crippen molar-refractivity contribution in [1.29, 1.82) is 0 Å². The van der Waals surface area contributed by atoms with Gasteiger partial charge in [-0.2, -0.15) is 0 Å². The standard InChI is InChI=1S/C23H24FNO6S/c1-14-10-12-31-21-17(14)7-8-18(20(21)22(27)29-2)25(23(28)30-3)32-19-9-6-16(24)13-15(19)5-4-11-26/h4-9,13-14,26H,10-12H2,1-3H3/b5-4-. The number of carbonyl (C=O) groups is 2. The van der Waals surface area contributed by atoms with Gasteiger partial charge in [-0.1, -0.05) is 25.1 Å². The number of anilines is 1. The summed E-state index contributed by atoms with van der Waals surface area (Å²) in [5.74, 6) is -0.576. The van der Waals surface area contributed by atoms with Crippen LogP contribution in [0.15, 0.2) is 41.3 Å². The van der Waals surface area contributed by atoms with Gasteiger partial charge in [0.05, 0.1) is 33.1 Å². The second-order valence-electron chi connectivity index (χ2n) is 7.03. The summed E-state index contributed by atoms with van der Waals surface area (Å²) in [7, 11) is 2.48. The first-order chi connectivity index (χ1) is 15.4. The minimum Gasteiger partial charge on any atom is -0.492 e. The molecule has 0 fully saturated rings. The van der Waals surface area contributed by atoms with Crippen LogP contribution in [0.4, 0.5) is 14.9 Å². The Kier molecular flexibility index (Phi) is 7.76. The summed E-state index contributed by atoms with van der Waals surface area (Å²) in [5, 5.41) is 9.10. The molecular weight excluding hydrogens is 437 g/mol. The monoisotopic (exact) mass is 461 g/mol. The largest absolute Gasteiger partial charge is 0.492 e. The highest BCUT2D eigenvalue weighted by Crippen LogP contribution is 2.44. The smallest absolute Gasteiger partial charge is 0.424 e. The Morgan fingerprint density at radius 3 is 2.75 bits per heavy atom. The lowest BCUT2D eigenvalue weighted by Gasteiger charge is -2.29. The van der Waals surface area contributed by atoms with Crippen LogP contribution in [0.3, 0.4) is 0 Å². The molecule has 170 valence electrons. The molecule has 1 atom stereocenters. The van der Waals surface area contributed by atoms with Crippen LogP contribution >= 0.6 is 11.9 Å². The van der Waals surface area contributed by atoms with Crippen LogP contribution < -0.4 is 9.04 Å². The average molecular weight is 462 g/mol. The van der Waals surface area contributed by atoms with Crippen LogP contribution in [0.1, 0.15) is 40.7 Å². The first-order valence-electron chi connectivity index (χ1n) is 9.92. The van der Waals surface area contributed by atoms with E-state index in [0.717, 1.165) is 23.9 Å². The molecule has 2 aromatic rings. The quantitative estimate of drug-likeness (QED) is 0.489. The van der Waals surface area contributed by atoms with Crippen molar-refractivity contribution in [2.24, 2.45) is 0 Å². The third kappa shape index (κ3) is 4.89. The van der Waals surface area contributed by atoms with Gasteiger partial charge in [0, 0.05) is 4.90 Å². The summed E-state index contributed by atoms with van der Waals surface area (Å²) in [6, 6.07) is 7.50. The van der Waals surface area contributed by atoms with E-state index < -0.39 is 17.9 Å². The Labute approximate surface area is 189 Å². The van der Waals surface area contributed by atoms with E-state index in [1.165, 1.54) is 42.8 Å². The van der Waals surface area contributed by atoms with Crippen molar-refractivity contribution >= 4 is 35.8 Å². The maximum absolute atomic E-state index is 13.8. The lowest BCUT2D eigenvalue weighted by molar-refractivity contribution is 0.0595. The molecule has 0 aromatic heterocycles. The number of rotatable bonds is 6. The van der Waals surface area contributed by atoms with Gasteiger partial charge in [0.1, 0.15) is 17.1 Å². The molecule has 1 aliphatic rings. The number of benzene rings is 2. The molecule has 1 unspecified atom stereocenters. The number of esters is 1. The van der Waals surface area contributed by atoms with Crippen LogP contribution in [-0.2, 0) is 9.47 Å². The molecule has 0 spiro atoms. The van der Waals surface area contributed by atoms with E-state index in [4.69, 9.17) is 19.3 Å². The molecule has 0 radical (unpaired) electrons. The Morgan fingerprint density at radius 2 is 2.06 bits per heavy atom. The van der Waals surface area contributed by atoms with Crippen molar-refractivity contribution in [2.75, 3.05) is 31.7 Å². The highest BCUT2D eigenvalue weighted by Gasteiger charge is 2.32. The lowest BCUT2D eigenvalue weighted by Crippen LogP contribution is -2.27. The number of carbonyl (C=O) groups excluding carboxylic acids is 2. The summed E-state index contributed by atoms with van der Waals surface area (Å²) in [6.45, 7) is 2.24. The fraction of sp³-hybridized carbons (Fsp3) is 0.304. The van der Waals surface area contributed by atoms with Crippen molar-refractivity contribution in [2.45, 2.75) is 24.2 Å². The third-order valence-electron chi connectivity index (χ3n) is 5.01. The van der Waals surface area contributed by atoms with E-state index in [-0.39, 0.29) is 23.8 Å². The fourth-order valence-corrected chi connectivity index (χ4v) is 4.33. The van der Waals surface area contributed by atoms with Gasteiger partial charge >= 0.3 is 12.1 Å². The van der Waals surface area contributed by atoms with Crippen molar-refractivity contribution in [3.8, 4) is 5.75 Å². The molecule has 2 aromatic carbocycles. The van der Waals surface area contributed by atoms with Crippen LogP contribution in [0.25, 0.3) is 6.08 Å². The molecule has 0 aliphatic carbocycles. The zero-order valence-corrected chi connectivity index (χ0v) is 18.8. The molecule has 1 amide bonds. The molecule has 32 heavy (non-hydrogen) atoms.